The Balaban J connectivity index is 1.59. The van der Waals surface area contributed by atoms with Gasteiger partial charge in [0.05, 0.1) is 0 Å². The summed E-state index contributed by atoms with van der Waals surface area (Å²) >= 11 is 0. The summed E-state index contributed by atoms with van der Waals surface area (Å²) in [5.41, 5.74) is 4.18. The van der Waals surface area contributed by atoms with Crippen molar-refractivity contribution in [1.29, 1.82) is 0 Å². The maximum Gasteiger partial charge on any atom is 0.471 e. The van der Waals surface area contributed by atoms with Gasteiger partial charge < -0.3 is 15.1 Å². The van der Waals surface area contributed by atoms with Crippen LogP contribution in [0.15, 0.2) is 42.5 Å². The van der Waals surface area contributed by atoms with Gasteiger partial charge in [0.1, 0.15) is 0 Å². The van der Waals surface area contributed by atoms with Crippen LogP contribution in [0, 0.1) is 13.8 Å². The van der Waals surface area contributed by atoms with Crippen LogP contribution >= 0.6 is 0 Å². The number of aryl methyl sites for hydroxylation is 2. The Morgan fingerprint density at radius 1 is 0.897 bits per heavy atom. The second-order valence-electron chi connectivity index (χ2n) is 7.08. The predicted octanol–water partition coefficient (Wildman–Crippen LogP) is 3.77. The standard InChI is InChI=1S/C21H22F3N3O2/c1-14-3-4-16(13-15(14)2)19(28)25-17-5-7-18(8-6-17)26-9-11-27(12-10-26)20(29)21(22,23)24/h3-8,13H,9-12H2,1-2H3,(H,25,28). The van der Waals surface area contributed by atoms with Crippen molar-refractivity contribution in [3.63, 3.8) is 0 Å². The Hall–Kier alpha value is -3.03. The molecule has 0 bridgehead atoms. The van der Waals surface area contributed by atoms with Gasteiger partial charge in [-0.05, 0) is 61.4 Å². The molecule has 0 aliphatic carbocycles. The first kappa shape index (κ1) is 20.7. The fourth-order valence-corrected chi connectivity index (χ4v) is 3.19. The Morgan fingerprint density at radius 3 is 2.07 bits per heavy atom. The molecular weight excluding hydrogens is 383 g/mol. The molecule has 0 radical (unpaired) electrons. The first-order valence-electron chi connectivity index (χ1n) is 9.25. The van der Waals surface area contributed by atoms with Crippen molar-refractivity contribution in [1.82, 2.24) is 4.90 Å². The van der Waals surface area contributed by atoms with Crippen LogP contribution in [0.5, 0.6) is 0 Å². The van der Waals surface area contributed by atoms with Gasteiger partial charge in [-0.15, -0.1) is 0 Å². The first-order valence-corrected chi connectivity index (χ1v) is 9.25. The van der Waals surface area contributed by atoms with E-state index in [0.29, 0.717) is 24.3 Å². The van der Waals surface area contributed by atoms with Crippen LogP contribution in [0.4, 0.5) is 24.5 Å². The average Bonchev–Trinajstić information content (AvgIpc) is 2.69. The summed E-state index contributed by atoms with van der Waals surface area (Å²) in [5.74, 6) is -2.00. The molecular formula is C21H22F3N3O2. The van der Waals surface area contributed by atoms with Crippen molar-refractivity contribution in [3.05, 3.63) is 59.2 Å². The Bertz CT molecular complexity index is 902. The van der Waals surface area contributed by atoms with Gasteiger partial charge in [0.2, 0.25) is 0 Å². The van der Waals surface area contributed by atoms with E-state index in [-0.39, 0.29) is 19.0 Å². The number of nitrogens with zero attached hydrogens (tertiary/aromatic N) is 2. The maximum absolute atomic E-state index is 12.5. The molecule has 8 heteroatoms. The summed E-state index contributed by atoms with van der Waals surface area (Å²) in [6.07, 6.45) is -4.84. The molecule has 1 aliphatic heterocycles. The Labute approximate surface area is 167 Å². The highest BCUT2D eigenvalue weighted by atomic mass is 19.4. The number of carbonyl (C=O) groups excluding carboxylic acids is 2. The van der Waals surface area contributed by atoms with Crippen LogP contribution in [0.3, 0.4) is 0 Å². The molecule has 0 unspecified atom stereocenters. The summed E-state index contributed by atoms with van der Waals surface area (Å²) < 4.78 is 37.6. The van der Waals surface area contributed by atoms with Gasteiger partial charge in [-0.25, -0.2) is 0 Å². The zero-order chi connectivity index (χ0) is 21.2. The van der Waals surface area contributed by atoms with E-state index >= 15 is 0 Å². The second-order valence-corrected chi connectivity index (χ2v) is 7.08. The van der Waals surface area contributed by atoms with Crippen LogP contribution in [0.25, 0.3) is 0 Å². The molecule has 1 N–H and O–H groups in total. The van der Waals surface area contributed by atoms with Crippen molar-refractivity contribution < 1.29 is 22.8 Å². The molecule has 1 saturated heterocycles. The molecule has 1 heterocycles. The minimum absolute atomic E-state index is 0.0175. The fourth-order valence-electron chi connectivity index (χ4n) is 3.19. The number of amides is 2. The number of alkyl halides is 3. The second kappa shape index (κ2) is 8.14. The molecule has 0 aromatic heterocycles. The van der Waals surface area contributed by atoms with E-state index in [2.05, 4.69) is 5.32 Å². The van der Waals surface area contributed by atoms with E-state index in [1.807, 2.05) is 30.9 Å². The number of hydrogen-bond acceptors (Lipinski definition) is 3. The summed E-state index contributed by atoms with van der Waals surface area (Å²) in [5, 5.41) is 2.84. The molecule has 0 spiro atoms. The Morgan fingerprint density at radius 2 is 1.52 bits per heavy atom. The van der Waals surface area contributed by atoms with Crippen molar-refractivity contribution in [2.75, 3.05) is 36.4 Å². The van der Waals surface area contributed by atoms with E-state index in [0.717, 1.165) is 21.7 Å². The van der Waals surface area contributed by atoms with E-state index in [9.17, 15) is 22.8 Å². The zero-order valence-corrected chi connectivity index (χ0v) is 16.2. The van der Waals surface area contributed by atoms with Crippen LogP contribution in [-0.4, -0.2) is 49.1 Å². The molecule has 3 rings (SSSR count). The first-order chi connectivity index (χ1) is 13.6. The van der Waals surface area contributed by atoms with Crippen LogP contribution in [0.1, 0.15) is 21.5 Å². The third-order valence-electron chi connectivity index (χ3n) is 5.07. The normalized spacial score (nSPS) is 14.7. The predicted molar refractivity (Wildman–Crippen MR) is 105 cm³/mol. The van der Waals surface area contributed by atoms with Crippen molar-refractivity contribution in [2.45, 2.75) is 20.0 Å². The largest absolute Gasteiger partial charge is 0.471 e. The molecule has 1 fully saturated rings. The highest BCUT2D eigenvalue weighted by Gasteiger charge is 2.43. The lowest BCUT2D eigenvalue weighted by Gasteiger charge is -2.36. The lowest BCUT2D eigenvalue weighted by atomic mass is 10.1. The van der Waals surface area contributed by atoms with Crippen molar-refractivity contribution >= 4 is 23.2 Å². The SMILES string of the molecule is Cc1ccc(C(=O)Nc2ccc(N3CCN(C(=O)C(F)(F)F)CC3)cc2)cc1C. The lowest BCUT2D eigenvalue weighted by Crippen LogP contribution is -2.52. The highest BCUT2D eigenvalue weighted by Crippen LogP contribution is 2.23. The minimum Gasteiger partial charge on any atom is -0.368 e. The van der Waals surface area contributed by atoms with Crippen LogP contribution in [0.2, 0.25) is 0 Å². The van der Waals surface area contributed by atoms with Gasteiger partial charge in [-0.1, -0.05) is 6.07 Å². The third-order valence-corrected chi connectivity index (χ3v) is 5.07. The monoisotopic (exact) mass is 405 g/mol. The molecule has 1 aliphatic rings. The van der Waals surface area contributed by atoms with Crippen LogP contribution in [-0.2, 0) is 4.79 Å². The molecule has 2 aromatic rings. The number of anilines is 2. The summed E-state index contributed by atoms with van der Waals surface area (Å²) in [4.78, 5) is 26.4. The van der Waals surface area contributed by atoms with Gasteiger partial charge in [0, 0.05) is 43.1 Å². The lowest BCUT2D eigenvalue weighted by molar-refractivity contribution is -0.185. The number of carbonyl (C=O) groups is 2. The third kappa shape index (κ3) is 4.88. The summed E-state index contributed by atoms with van der Waals surface area (Å²) in [6, 6.07) is 12.6. The maximum atomic E-state index is 12.5. The molecule has 0 atom stereocenters. The smallest absolute Gasteiger partial charge is 0.368 e. The fraction of sp³-hybridized carbons (Fsp3) is 0.333. The molecule has 29 heavy (non-hydrogen) atoms. The van der Waals surface area contributed by atoms with Crippen LogP contribution < -0.4 is 10.2 Å². The number of halogens is 3. The van der Waals surface area contributed by atoms with Gasteiger partial charge in [-0.2, -0.15) is 13.2 Å². The molecule has 154 valence electrons. The average molecular weight is 405 g/mol. The Kier molecular flexibility index (Phi) is 5.81. The number of piperazine rings is 1. The van der Waals surface area contributed by atoms with E-state index in [4.69, 9.17) is 0 Å². The van der Waals surface area contributed by atoms with Crippen molar-refractivity contribution in [2.24, 2.45) is 0 Å². The van der Waals surface area contributed by atoms with Crippen molar-refractivity contribution in [3.8, 4) is 0 Å². The summed E-state index contributed by atoms with van der Waals surface area (Å²) in [7, 11) is 0. The number of benzene rings is 2. The van der Waals surface area contributed by atoms with Gasteiger partial charge in [0.15, 0.2) is 0 Å². The highest BCUT2D eigenvalue weighted by molar-refractivity contribution is 6.04. The van der Waals surface area contributed by atoms with Gasteiger partial charge in [0.25, 0.3) is 5.91 Å². The molecule has 0 saturated carbocycles. The molecule has 5 nitrogen and oxygen atoms in total. The summed E-state index contributed by atoms with van der Waals surface area (Å²) in [6.45, 7) is 4.59. The van der Waals surface area contributed by atoms with Gasteiger partial charge >= 0.3 is 12.1 Å². The number of rotatable bonds is 3. The zero-order valence-electron chi connectivity index (χ0n) is 16.2. The topological polar surface area (TPSA) is 52.7 Å². The molecule has 2 aromatic carbocycles. The van der Waals surface area contributed by atoms with E-state index < -0.39 is 12.1 Å². The van der Waals surface area contributed by atoms with E-state index in [1.165, 1.54) is 0 Å². The quantitative estimate of drug-likeness (QED) is 0.846. The number of hydrogen-bond donors (Lipinski definition) is 1. The number of nitrogens with one attached hydrogen (secondary N) is 1. The minimum atomic E-state index is -4.84. The molecule has 2 amide bonds. The van der Waals surface area contributed by atoms with Gasteiger partial charge in [-0.3, -0.25) is 9.59 Å². The van der Waals surface area contributed by atoms with E-state index in [1.54, 1.807) is 30.3 Å².